The molecule has 0 amide bonds. The number of phenols is 1. The van der Waals surface area contributed by atoms with Gasteiger partial charge < -0.3 is 15.2 Å². The van der Waals surface area contributed by atoms with E-state index in [1.54, 1.807) is 18.4 Å². The van der Waals surface area contributed by atoms with Crippen molar-refractivity contribution in [2.45, 2.75) is 18.7 Å². The third-order valence-corrected chi connectivity index (χ3v) is 3.87. The maximum absolute atomic E-state index is 11.1. The largest absolute Gasteiger partial charge is 0.504 e. The van der Waals surface area contributed by atoms with Crippen LogP contribution in [0.4, 0.5) is 0 Å². The van der Waals surface area contributed by atoms with E-state index in [2.05, 4.69) is 5.32 Å². The van der Waals surface area contributed by atoms with Crippen LogP contribution in [0, 0.1) is 0 Å². The summed E-state index contributed by atoms with van der Waals surface area (Å²) in [5.41, 5.74) is 1.02. The second kappa shape index (κ2) is 6.61. The Morgan fingerprint density at radius 2 is 2.24 bits per heavy atom. The summed E-state index contributed by atoms with van der Waals surface area (Å²) in [6, 6.07) is 5.23. The molecule has 4 nitrogen and oxygen atoms in total. The van der Waals surface area contributed by atoms with Crippen LogP contribution in [-0.2, 0) is 17.3 Å². The molecule has 0 aliphatic rings. The number of aromatic hydroxyl groups is 1. The summed E-state index contributed by atoms with van der Waals surface area (Å²) in [4.78, 5) is 0. The molecule has 1 rings (SSSR count). The second-order valence-electron chi connectivity index (χ2n) is 3.95. The van der Waals surface area contributed by atoms with E-state index in [1.807, 2.05) is 13.0 Å². The maximum Gasteiger partial charge on any atom is 0.160 e. The van der Waals surface area contributed by atoms with Crippen LogP contribution in [0.1, 0.15) is 12.5 Å². The molecule has 0 aliphatic carbocycles. The molecule has 0 fully saturated rings. The highest BCUT2D eigenvalue weighted by molar-refractivity contribution is 7.84. The van der Waals surface area contributed by atoms with Crippen LogP contribution in [0.5, 0.6) is 11.5 Å². The van der Waals surface area contributed by atoms with Crippen LogP contribution < -0.4 is 10.1 Å². The number of methoxy groups -OCH3 is 1. The molecule has 2 atom stereocenters. The Hall–Kier alpha value is -1.07. The van der Waals surface area contributed by atoms with Crippen molar-refractivity contribution in [3.63, 3.8) is 0 Å². The number of hydrogen-bond donors (Lipinski definition) is 2. The fourth-order valence-corrected chi connectivity index (χ4v) is 1.72. The van der Waals surface area contributed by atoms with Gasteiger partial charge in [-0.25, -0.2) is 0 Å². The molecule has 5 heteroatoms. The van der Waals surface area contributed by atoms with Crippen molar-refractivity contribution in [2.24, 2.45) is 0 Å². The molecule has 1 aromatic carbocycles. The molecular formula is C12H19NO3S. The van der Waals surface area contributed by atoms with E-state index < -0.39 is 10.8 Å². The number of hydrogen-bond acceptors (Lipinski definition) is 4. The van der Waals surface area contributed by atoms with Crippen molar-refractivity contribution < 1.29 is 14.1 Å². The van der Waals surface area contributed by atoms with Crippen LogP contribution >= 0.6 is 0 Å². The molecule has 0 spiro atoms. The van der Waals surface area contributed by atoms with Gasteiger partial charge in [-0.05, 0) is 24.6 Å². The summed E-state index contributed by atoms with van der Waals surface area (Å²) in [6.07, 6.45) is 1.70. The Balaban J connectivity index is 2.49. The van der Waals surface area contributed by atoms with E-state index >= 15 is 0 Å². The minimum Gasteiger partial charge on any atom is -0.504 e. The second-order valence-corrected chi connectivity index (χ2v) is 5.75. The average Bonchev–Trinajstić information content (AvgIpc) is 2.31. The Morgan fingerprint density at radius 1 is 1.53 bits per heavy atom. The van der Waals surface area contributed by atoms with Crippen LogP contribution in [0.3, 0.4) is 0 Å². The molecule has 17 heavy (non-hydrogen) atoms. The summed E-state index contributed by atoms with van der Waals surface area (Å²) in [5.74, 6) is 0.607. The lowest BCUT2D eigenvalue weighted by Gasteiger charge is -2.11. The van der Waals surface area contributed by atoms with E-state index in [-0.39, 0.29) is 11.0 Å². The first-order valence-corrected chi connectivity index (χ1v) is 7.05. The van der Waals surface area contributed by atoms with Gasteiger partial charge in [0.2, 0.25) is 0 Å². The SMILES string of the molecule is COc1cc(CNCC(C)S(C)=O)ccc1O. The first-order chi connectivity index (χ1) is 8.04. The summed E-state index contributed by atoms with van der Waals surface area (Å²) in [6.45, 7) is 3.31. The maximum atomic E-state index is 11.1. The van der Waals surface area contributed by atoms with Crippen molar-refractivity contribution in [1.29, 1.82) is 0 Å². The summed E-state index contributed by atoms with van der Waals surface area (Å²) in [5, 5.41) is 12.8. The third-order valence-electron chi connectivity index (χ3n) is 2.57. The highest BCUT2D eigenvalue weighted by Crippen LogP contribution is 2.26. The molecule has 0 aliphatic heterocycles. The van der Waals surface area contributed by atoms with Gasteiger partial charge in [0, 0.05) is 35.4 Å². The van der Waals surface area contributed by atoms with Crippen molar-refractivity contribution in [3.05, 3.63) is 23.8 Å². The normalized spacial score (nSPS) is 14.3. The number of nitrogens with one attached hydrogen (secondary N) is 1. The van der Waals surface area contributed by atoms with Gasteiger partial charge in [0.1, 0.15) is 0 Å². The summed E-state index contributed by atoms with van der Waals surface area (Å²) in [7, 11) is 0.717. The van der Waals surface area contributed by atoms with E-state index in [9.17, 15) is 9.32 Å². The van der Waals surface area contributed by atoms with Crippen LogP contribution in [0.25, 0.3) is 0 Å². The fraction of sp³-hybridized carbons (Fsp3) is 0.500. The predicted molar refractivity (Wildman–Crippen MR) is 69.9 cm³/mol. The quantitative estimate of drug-likeness (QED) is 0.805. The molecule has 96 valence electrons. The van der Waals surface area contributed by atoms with E-state index in [0.717, 1.165) is 5.56 Å². The van der Waals surface area contributed by atoms with Crippen molar-refractivity contribution >= 4 is 10.8 Å². The van der Waals surface area contributed by atoms with Crippen LogP contribution in [0.15, 0.2) is 18.2 Å². The monoisotopic (exact) mass is 257 g/mol. The topological polar surface area (TPSA) is 58.6 Å². The Kier molecular flexibility index (Phi) is 5.44. The lowest BCUT2D eigenvalue weighted by atomic mass is 10.2. The Morgan fingerprint density at radius 3 is 2.82 bits per heavy atom. The molecule has 0 bridgehead atoms. The van der Waals surface area contributed by atoms with Crippen LogP contribution in [0.2, 0.25) is 0 Å². The minimum atomic E-state index is -0.805. The smallest absolute Gasteiger partial charge is 0.160 e. The zero-order chi connectivity index (χ0) is 12.8. The van der Waals surface area contributed by atoms with Crippen molar-refractivity contribution in [1.82, 2.24) is 5.32 Å². The lowest BCUT2D eigenvalue weighted by molar-refractivity contribution is 0.373. The van der Waals surface area contributed by atoms with Gasteiger partial charge in [0.25, 0.3) is 0 Å². The molecule has 0 radical (unpaired) electrons. The van der Waals surface area contributed by atoms with Gasteiger partial charge in [0.15, 0.2) is 11.5 Å². The molecule has 0 heterocycles. The molecular weight excluding hydrogens is 238 g/mol. The molecule has 0 saturated heterocycles. The predicted octanol–water partition coefficient (Wildman–Crippen LogP) is 1.26. The first-order valence-electron chi connectivity index (χ1n) is 5.43. The third kappa shape index (κ3) is 4.36. The van der Waals surface area contributed by atoms with E-state index in [4.69, 9.17) is 4.74 Å². The highest BCUT2D eigenvalue weighted by atomic mass is 32.2. The number of rotatable bonds is 6. The molecule has 0 aromatic heterocycles. The molecule has 2 unspecified atom stereocenters. The minimum absolute atomic E-state index is 0.133. The van der Waals surface area contributed by atoms with Gasteiger partial charge in [-0.15, -0.1) is 0 Å². The lowest BCUT2D eigenvalue weighted by Crippen LogP contribution is -2.27. The highest BCUT2D eigenvalue weighted by Gasteiger charge is 2.06. The zero-order valence-electron chi connectivity index (χ0n) is 10.4. The Labute approximate surface area is 104 Å². The standard InChI is InChI=1S/C12H19NO3S/c1-9(17(3)15)7-13-8-10-4-5-11(14)12(6-10)16-2/h4-6,9,13-14H,7-8H2,1-3H3. The van der Waals surface area contributed by atoms with Gasteiger partial charge in [-0.1, -0.05) is 6.07 Å². The van der Waals surface area contributed by atoms with E-state index in [0.29, 0.717) is 18.8 Å². The van der Waals surface area contributed by atoms with Gasteiger partial charge in [-0.3, -0.25) is 4.21 Å². The van der Waals surface area contributed by atoms with Gasteiger partial charge in [-0.2, -0.15) is 0 Å². The summed E-state index contributed by atoms with van der Waals surface area (Å²) < 4.78 is 16.2. The fourth-order valence-electron chi connectivity index (χ4n) is 1.37. The molecule has 0 saturated carbocycles. The van der Waals surface area contributed by atoms with Crippen molar-refractivity contribution in [3.8, 4) is 11.5 Å². The van der Waals surface area contributed by atoms with Crippen molar-refractivity contribution in [2.75, 3.05) is 19.9 Å². The van der Waals surface area contributed by atoms with Gasteiger partial charge >= 0.3 is 0 Å². The molecule has 1 aromatic rings. The summed E-state index contributed by atoms with van der Waals surface area (Å²) >= 11 is 0. The van der Waals surface area contributed by atoms with E-state index in [1.165, 1.54) is 7.11 Å². The first kappa shape index (κ1) is 14.0. The van der Waals surface area contributed by atoms with Crippen LogP contribution in [-0.4, -0.2) is 34.5 Å². The number of phenolic OH excluding ortho intramolecular Hbond substituents is 1. The Bertz CT molecular complexity index is 395. The van der Waals surface area contributed by atoms with Gasteiger partial charge in [0.05, 0.1) is 7.11 Å². The average molecular weight is 257 g/mol. The zero-order valence-corrected chi connectivity index (χ0v) is 11.2. The molecule has 2 N–H and O–H groups in total. The number of benzene rings is 1. The number of ether oxygens (including phenoxy) is 1.